The number of methoxy groups -OCH3 is 1. The Bertz CT molecular complexity index is 1060. The summed E-state index contributed by atoms with van der Waals surface area (Å²) < 4.78 is 5.30. The highest BCUT2D eigenvalue weighted by Crippen LogP contribution is 2.43. The van der Waals surface area contributed by atoms with Crippen LogP contribution >= 0.6 is 11.6 Å². The number of rotatable bonds is 5. The van der Waals surface area contributed by atoms with Gasteiger partial charge in [0.2, 0.25) is 0 Å². The summed E-state index contributed by atoms with van der Waals surface area (Å²) in [6.07, 6.45) is 0. The molecule has 0 saturated heterocycles. The highest BCUT2D eigenvalue weighted by atomic mass is 35.5. The minimum Gasteiger partial charge on any atom is -0.503 e. The monoisotopic (exact) mass is 405 g/mol. The molecule has 1 aliphatic heterocycles. The Balaban J connectivity index is 1.79. The van der Waals surface area contributed by atoms with Crippen LogP contribution in [-0.2, 0) is 11.3 Å². The first-order valence-electron chi connectivity index (χ1n) is 9.26. The molecule has 5 heteroatoms. The molecule has 1 aliphatic rings. The first-order valence-corrected chi connectivity index (χ1v) is 9.64. The van der Waals surface area contributed by atoms with Crippen molar-refractivity contribution >= 4 is 23.1 Å². The van der Waals surface area contributed by atoms with Gasteiger partial charge in [-0.1, -0.05) is 66.2 Å². The molecule has 0 spiro atoms. The van der Waals surface area contributed by atoms with Crippen LogP contribution in [0.2, 0.25) is 5.02 Å². The quantitative estimate of drug-likeness (QED) is 0.618. The van der Waals surface area contributed by atoms with Crippen molar-refractivity contribution in [2.45, 2.75) is 12.6 Å². The van der Waals surface area contributed by atoms with Crippen LogP contribution in [0.25, 0.3) is 5.57 Å². The van der Waals surface area contributed by atoms with Crippen molar-refractivity contribution < 1.29 is 14.6 Å². The number of carbonyl (C=O) groups is 1. The summed E-state index contributed by atoms with van der Waals surface area (Å²) in [4.78, 5) is 14.7. The van der Waals surface area contributed by atoms with E-state index in [1.807, 2.05) is 66.7 Å². The minimum absolute atomic E-state index is 0.223. The smallest absolute Gasteiger partial charge is 0.290 e. The van der Waals surface area contributed by atoms with Gasteiger partial charge in [0.05, 0.1) is 13.2 Å². The van der Waals surface area contributed by atoms with Gasteiger partial charge in [0.25, 0.3) is 5.91 Å². The molecule has 3 aromatic carbocycles. The van der Waals surface area contributed by atoms with Crippen molar-refractivity contribution in [3.8, 4) is 5.75 Å². The molecule has 3 aromatic rings. The maximum absolute atomic E-state index is 13.1. The number of hydrogen-bond donors (Lipinski definition) is 1. The highest BCUT2D eigenvalue weighted by molar-refractivity contribution is 6.30. The van der Waals surface area contributed by atoms with E-state index >= 15 is 0 Å². The number of aliphatic hydroxyl groups excluding tert-OH is 1. The summed E-state index contributed by atoms with van der Waals surface area (Å²) in [5, 5.41) is 11.4. The fraction of sp³-hybridized carbons (Fsp3) is 0.125. The molecule has 1 unspecified atom stereocenters. The first-order chi connectivity index (χ1) is 14.1. The van der Waals surface area contributed by atoms with Crippen LogP contribution in [0.5, 0.6) is 5.75 Å². The number of benzene rings is 3. The van der Waals surface area contributed by atoms with Crippen molar-refractivity contribution in [1.82, 2.24) is 4.90 Å². The maximum Gasteiger partial charge on any atom is 0.290 e. The summed E-state index contributed by atoms with van der Waals surface area (Å²) in [6.45, 7) is 0.337. The Morgan fingerprint density at radius 3 is 2.41 bits per heavy atom. The molecular formula is C24H20ClNO3. The van der Waals surface area contributed by atoms with E-state index in [1.54, 1.807) is 24.1 Å². The highest BCUT2D eigenvalue weighted by Gasteiger charge is 2.40. The van der Waals surface area contributed by atoms with Gasteiger partial charge in [-0.3, -0.25) is 4.79 Å². The molecule has 1 N–H and O–H groups in total. The van der Waals surface area contributed by atoms with E-state index in [0.717, 1.165) is 22.4 Å². The molecule has 4 rings (SSSR count). The lowest BCUT2D eigenvalue weighted by Gasteiger charge is -2.27. The third-order valence-electron chi connectivity index (χ3n) is 5.06. The molecular weight excluding hydrogens is 386 g/mol. The molecule has 0 fully saturated rings. The van der Waals surface area contributed by atoms with Crippen molar-refractivity contribution in [2.75, 3.05) is 7.11 Å². The largest absolute Gasteiger partial charge is 0.503 e. The second-order valence-corrected chi connectivity index (χ2v) is 7.30. The molecule has 146 valence electrons. The van der Waals surface area contributed by atoms with Crippen molar-refractivity contribution in [3.05, 3.63) is 106 Å². The summed E-state index contributed by atoms with van der Waals surface area (Å²) in [5.74, 6) is 0.100. The molecule has 1 heterocycles. The molecule has 0 aliphatic carbocycles. The van der Waals surface area contributed by atoms with Gasteiger partial charge in [-0.15, -0.1) is 0 Å². The Hall–Kier alpha value is -3.24. The average molecular weight is 406 g/mol. The van der Waals surface area contributed by atoms with Crippen LogP contribution in [0, 0.1) is 0 Å². The minimum atomic E-state index is -0.423. The predicted octanol–water partition coefficient (Wildman–Crippen LogP) is 5.40. The summed E-state index contributed by atoms with van der Waals surface area (Å²) in [5.41, 5.74) is 3.21. The second-order valence-electron chi connectivity index (χ2n) is 6.87. The lowest BCUT2D eigenvalue weighted by atomic mass is 9.93. The first kappa shape index (κ1) is 19.1. The van der Waals surface area contributed by atoms with Crippen molar-refractivity contribution in [3.63, 3.8) is 0 Å². The van der Waals surface area contributed by atoms with Gasteiger partial charge in [-0.25, -0.2) is 0 Å². The summed E-state index contributed by atoms with van der Waals surface area (Å²) in [6, 6.07) is 24.0. The normalized spacial score (nSPS) is 16.4. The van der Waals surface area contributed by atoms with Crippen molar-refractivity contribution in [2.24, 2.45) is 0 Å². The van der Waals surface area contributed by atoms with Crippen LogP contribution in [0.4, 0.5) is 0 Å². The number of ether oxygens (including phenoxy) is 1. The number of halogens is 1. The number of amides is 1. The lowest BCUT2D eigenvalue weighted by molar-refractivity contribution is -0.130. The zero-order valence-electron chi connectivity index (χ0n) is 15.9. The molecule has 0 radical (unpaired) electrons. The SMILES string of the molecule is COc1cccc(CN2C(=O)C(O)=C(c3ccccc3)C2c2ccc(Cl)cc2)c1. The van der Waals surface area contributed by atoms with Crippen LogP contribution in [-0.4, -0.2) is 23.0 Å². The van der Waals surface area contributed by atoms with E-state index in [-0.39, 0.29) is 5.76 Å². The van der Waals surface area contributed by atoms with E-state index in [9.17, 15) is 9.90 Å². The molecule has 0 aromatic heterocycles. The third-order valence-corrected chi connectivity index (χ3v) is 5.31. The molecule has 1 amide bonds. The van der Waals surface area contributed by atoms with Gasteiger partial charge in [-0.2, -0.15) is 0 Å². The van der Waals surface area contributed by atoms with Crippen LogP contribution in [0.1, 0.15) is 22.7 Å². The Morgan fingerprint density at radius 2 is 1.72 bits per heavy atom. The van der Waals surface area contributed by atoms with Gasteiger partial charge in [0, 0.05) is 17.1 Å². The fourth-order valence-electron chi connectivity index (χ4n) is 3.69. The maximum atomic E-state index is 13.1. The van der Waals surface area contributed by atoms with Crippen molar-refractivity contribution in [1.29, 1.82) is 0 Å². The predicted molar refractivity (Wildman–Crippen MR) is 114 cm³/mol. The average Bonchev–Trinajstić information content (AvgIpc) is 3.00. The third kappa shape index (κ3) is 3.71. The Labute approximate surface area is 174 Å². The van der Waals surface area contributed by atoms with Crippen LogP contribution < -0.4 is 4.74 Å². The van der Waals surface area contributed by atoms with Gasteiger partial charge >= 0.3 is 0 Å². The van der Waals surface area contributed by atoms with E-state index < -0.39 is 11.9 Å². The van der Waals surface area contributed by atoms with E-state index in [2.05, 4.69) is 0 Å². The topological polar surface area (TPSA) is 49.8 Å². The lowest BCUT2D eigenvalue weighted by Crippen LogP contribution is -2.29. The molecule has 1 atom stereocenters. The number of aliphatic hydroxyl groups is 1. The zero-order chi connectivity index (χ0) is 20.4. The molecule has 0 bridgehead atoms. The fourth-order valence-corrected chi connectivity index (χ4v) is 3.81. The van der Waals surface area contributed by atoms with Gasteiger partial charge in [-0.05, 0) is 41.0 Å². The molecule has 4 nitrogen and oxygen atoms in total. The number of carbonyl (C=O) groups excluding carboxylic acids is 1. The van der Waals surface area contributed by atoms with Crippen LogP contribution in [0.3, 0.4) is 0 Å². The van der Waals surface area contributed by atoms with Gasteiger partial charge in [0.15, 0.2) is 5.76 Å². The second kappa shape index (κ2) is 8.02. The zero-order valence-corrected chi connectivity index (χ0v) is 16.6. The summed E-state index contributed by atoms with van der Waals surface area (Å²) in [7, 11) is 1.61. The van der Waals surface area contributed by atoms with E-state index in [0.29, 0.717) is 17.1 Å². The standard InChI is InChI=1S/C24H20ClNO3/c1-29-20-9-5-6-16(14-20)15-26-22(18-10-12-19(25)13-11-18)21(23(27)24(26)28)17-7-3-2-4-8-17/h2-14,22,27H,15H2,1H3. The summed E-state index contributed by atoms with van der Waals surface area (Å²) >= 11 is 6.07. The molecule has 29 heavy (non-hydrogen) atoms. The van der Waals surface area contributed by atoms with E-state index in [1.165, 1.54) is 0 Å². The molecule has 0 saturated carbocycles. The number of nitrogens with zero attached hydrogens (tertiary/aromatic N) is 1. The number of hydrogen-bond acceptors (Lipinski definition) is 3. The van der Waals surface area contributed by atoms with Gasteiger partial charge < -0.3 is 14.7 Å². The van der Waals surface area contributed by atoms with E-state index in [4.69, 9.17) is 16.3 Å². The van der Waals surface area contributed by atoms with Crippen LogP contribution in [0.15, 0.2) is 84.6 Å². The Kier molecular flexibility index (Phi) is 5.28. The van der Waals surface area contributed by atoms with Gasteiger partial charge in [0.1, 0.15) is 5.75 Å². The Morgan fingerprint density at radius 1 is 1.00 bits per heavy atom.